The van der Waals surface area contributed by atoms with E-state index in [1.165, 1.54) is 26.4 Å². The maximum Gasteiger partial charge on any atom is 0.344 e. The van der Waals surface area contributed by atoms with Crippen molar-refractivity contribution in [1.82, 2.24) is 0 Å². The first-order chi connectivity index (χ1) is 15.4. The summed E-state index contributed by atoms with van der Waals surface area (Å²) < 4.78 is 27.0. The highest BCUT2D eigenvalue weighted by atomic mass is 16.5. The average molecular weight is 439 g/mol. The van der Waals surface area contributed by atoms with Gasteiger partial charge in [-0.1, -0.05) is 12.1 Å². The van der Waals surface area contributed by atoms with E-state index in [1.807, 2.05) is 0 Å². The van der Waals surface area contributed by atoms with Gasteiger partial charge in [-0.05, 0) is 36.8 Å². The third kappa shape index (κ3) is 3.27. The zero-order valence-corrected chi connectivity index (χ0v) is 17.6. The van der Waals surface area contributed by atoms with Gasteiger partial charge in [0.05, 0.1) is 37.7 Å². The molecule has 0 bridgehead atoms. The minimum atomic E-state index is -1.03. The molecule has 1 atom stereocenters. The molecule has 0 amide bonds. The Kier molecular flexibility index (Phi) is 5.40. The van der Waals surface area contributed by atoms with E-state index in [0.29, 0.717) is 16.5 Å². The number of benzene rings is 2. The first-order valence-corrected chi connectivity index (χ1v) is 9.76. The van der Waals surface area contributed by atoms with Crippen LogP contribution < -0.4 is 25.6 Å². The van der Waals surface area contributed by atoms with Crippen molar-refractivity contribution in [2.24, 2.45) is 5.73 Å². The van der Waals surface area contributed by atoms with E-state index in [9.17, 15) is 14.7 Å². The second-order valence-electron chi connectivity index (χ2n) is 6.94. The summed E-state index contributed by atoms with van der Waals surface area (Å²) in [6.45, 7) is 1.74. The minimum absolute atomic E-state index is 0.0655. The molecule has 2 heterocycles. The maximum absolute atomic E-state index is 13.1. The van der Waals surface area contributed by atoms with Crippen molar-refractivity contribution in [2.75, 3.05) is 20.8 Å². The zero-order chi connectivity index (χ0) is 23.0. The average Bonchev–Trinajstić information content (AvgIpc) is 2.78. The van der Waals surface area contributed by atoms with E-state index >= 15 is 0 Å². The Morgan fingerprint density at radius 3 is 2.44 bits per heavy atom. The van der Waals surface area contributed by atoms with Gasteiger partial charge in [-0.15, -0.1) is 0 Å². The summed E-state index contributed by atoms with van der Waals surface area (Å²) in [4.78, 5) is 26.0. The number of hydrogen-bond donors (Lipinski definition) is 2. The number of aromatic hydroxyl groups is 1. The summed E-state index contributed by atoms with van der Waals surface area (Å²) in [7, 11) is 2.74. The Hall–Kier alpha value is -4.14. The lowest BCUT2D eigenvalue weighted by molar-refractivity contribution is -0.139. The highest BCUT2D eigenvalue weighted by molar-refractivity contribution is 5.94. The summed E-state index contributed by atoms with van der Waals surface area (Å²) >= 11 is 0. The van der Waals surface area contributed by atoms with Gasteiger partial charge in [0.2, 0.25) is 11.6 Å². The molecule has 1 aromatic heterocycles. The number of ether oxygens (including phenoxy) is 4. The number of phenolic OH excluding ortho intramolecular Hbond substituents is 1. The molecule has 4 rings (SSSR count). The Morgan fingerprint density at radius 1 is 1.16 bits per heavy atom. The van der Waals surface area contributed by atoms with Crippen LogP contribution in [0.3, 0.4) is 0 Å². The fraction of sp³-hybridized carbons (Fsp3) is 0.217. The van der Waals surface area contributed by atoms with Gasteiger partial charge >= 0.3 is 11.6 Å². The number of carbonyl (C=O) groups excluding carboxylic acids is 1. The Balaban J connectivity index is 2.08. The number of fused-ring (bicyclic) bond motifs is 3. The van der Waals surface area contributed by atoms with Gasteiger partial charge in [0, 0.05) is 0 Å². The monoisotopic (exact) mass is 439 g/mol. The number of carbonyl (C=O) groups is 1. The normalized spacial score (nSPS) is 15.2. The largest absolute Gasteiger partial charge is 0.502 e. The standard InChI is InChI=1S/C23H21NO8/c1-4-30-22(26)18-16(11-9-14(28-2)19(25)15(10-11)29-3)17-20(32-21(18)24)12-7-5-6-8-13(12)31-23(17)27/h5-10,16,25H,4,24H2,1-3H3. The van der Waals surface area contributed by atoms with Gasteiger partial charge in [0.25, 0.3) is 0 Å². The molecule has 0 radical (unpaired) electrons. The number of methoxy groups -OCH3 is 2. The number of esters is 1. The molecule has 9 nitrogen and oxygen atoms in total. The quantitative estimate of drug-likeness (QED) is 0.455. The first kappa shape index (κ1) is 21.1. The van der Waals surface area contributed by atoms with Crippen molar-refractivity contribution in [3.63, 3.8) is 0 Å². The molecule has 1 aliphatic rings. The minimum Gasteiger partial charge on any atom is -0.502 e. The smallest absolute Gasteiger partial charge is 0.344 e. The van der Waals surface area contributed by atoms with E-state index < -0.39 is 17.5 Å². The van der Waals surface area contributed by atoms with Crippen molar-refractivity contribution in [2.45, 2.75) is 12.8 Å². The van der Waals surface area contributed by atoms with Crippen LogP contribution >= 0.6 is 0 Å². The van der Waals surface area contributed by atoms with Crippen molar-refractivity contribution in [3.05, 3.63) is 69.4 Å². The molecule has 2 aromatic carbocycles. The number of nitrogens with two attached hydrogens (primary N) is 1. The Labute approximate surface area is 182 Å². The predicted molar refractivity (Wildman–Crippen MR) is 114 cm³/mol. The summed E-state index contributed by atoms with van der Waals surface area (Å²) in [5, 5.41) is 10.8. The van der Waals surface area contributed by atoms with Gasteiger partial charge in [-0.25, -0.2) is 9.59 Å². The van der Waals surface area contributed by atoms with Crippen LogP contribution in [-0.2, 0) is 9.53 Å². The fourth-order valence-corrected chi connectivity index (χ4v) is 3.79. The lowest BCUT2D eigenvalue weighted by Crippen LogP contribution is -2.31. The van der Waals surface area contributed by atoms with Gasteiger partial charge in [0.1, 0.15) is 11.2 Å². The predicted octanol–water partition coefficient (Wildman–Crippen LogP) is 2.77. The molecule has 9 heteroatoms. The van der Waals surface area contributed by atoms with Crippen LogP contribution in [0.4, 0.5) is 0 Å². The highest BCUT2D eigenvalue weighted by Crippen LogP contribution is 2.47. The summed E-state index contributed by atoms with van der Waals surface area (Å²) in [6, 6.07) is 9.79. The van der Waals surface area contributed by atoms with E-state index in [2.05, 4.69) is 0 Å². The van der Waals surface area contributed by atoms with E-state index in [-0.39, 0.29) is 46.6 Å². The number of rotatable bonds is 5. The maximum atomic E-state index is 13.1. The number of para-hydroxylation sites is 1. The molecule has 166 valence electrons. The SMILES string of the molecule is CCOC(=O)C1=C(N)Oc2c(c(=O)oc3ccccc23)C1c1cc(OC)c(O)c(OC)c1. The van der Waals surface area contributed by atoms with Crippen LogP contribution in [0.1, 0.15) is 24.0 Å². The van der Waals surface area contributed by atoms with Gasteiger partial charge in [0.15, 0.2) is 17.2 Å². The number of hydrogen-bond acceptors (Lipinski definition) is 9. The lowest BCUT2D eigenvalue weighted by Gasteiger charge is -2.28. The second kappa shape index (κ2) is 8.18. The summed E-state index contributed by atoms with van der Waals surface area (Å²) in [5.74, 6) is -1.87. The lowest BCUT2D eigenvalue weighted by atomic mass is 9.83. The van der Waals surface area contributed by atoms with Crippen molar-refractivity contribution in [1.29, 1.82) is 0 Å². The second-order valence-corrected chi connectivity index (χ2v) is 6.94. The molecule has 3 N–H and O–H groups in total. The molecule has 1 aliphatic heterocycles. The molecule has 0 aliphatic carbocycles. The molecule has 1 unspecified atom stereocenters. The molecular formula is C23H21NO8. The van der Waals surface area contributed by atoms with Crippen LogP contribution in [0.5, 0.6) is 23.0 Å². The topological polar surface area (TPSA) is 130 Å². The van der Waals surface area contributed by atoms with Gasteiger partial charge in [-0.2, -0.15) is 0 Å². The molecule has 0 fully saturated rings. The van der Waals surface area contributed by atoms with Crippen molar-refractivity contribution >= 4 is 16.9 Å². The Morgan fingerprint density at radius 2 is 1.81 bits per heavy atom. The fourth-order valence-electron chi connectivity index (χ4n) is 3.79. The van der Waals surface area contributed by atoms with E-state index in [0.717, 1.165) is 0 Å². The number of phenols is 1. The zero-order valence-electron chi connectivity index (χ0n) is 17.6. The molecule has 0 spiro atoms. The van der Waals surface area contributed by atoms with E-state index in [4.69, 9.17) is 29.1 Å². The molecule has 0 saturated heterocycles. The summed E-state index contributed by atoms with van der Waals surface area (Å²) in [5.41, 5.74) is 6.16. The van der Waals surface area contributed by atoms with Crippen LogP contribution in [0.15, 0.2) is 57.1 Å². The van der Waals surface area contributed by atoms with Gasteiger partial charge in [-0.3, -0.25) is 0 Å². The molecule has 0 saturated carbocycles. The Bertz CT molecular complexity index is 1280. The van der Waals surface area contributed by atoms with Crippen LogP contribution in [0, 0.1) is 0 Å². The van der Waals surface area contributed by atoms with Crippen LogP contribution in [-0.4, -0.2) is 31.9 Å². The third-order valence-corrected chi connectivity index (χ3v) is 5.18. The van der Waals surface area contributed by atoms with Crippen LogP contribution in [0.25, 0.3) is 11.0 Å². The van der Waals surface area contributed by atoms with Crippen molar-refractivity contribution in [3.8, 4) is 23.0 Å². The molecule has 32 heavy (non-hydrogen) atoms. The third-order valence-electron chi connectivity index (χ3n) is 5.18. The van der Waals surface area contributed by atoms with E-state index in [1.54, 1.807) is 31.2 Å². The van der Waals surface area contributed by atoms with Crippen molar-refractivity contribution < 1.29 is 33.3 Å². The molecular weight excluding hydrogens is 418 g/mol. The van der Waals surface area contributed by atoms with Gasteiger partial charge < -0.3 is 34.2 Å². The molecule has 3 aromatic rings. The highest BCUT2D eigenvalue weighted by Gasteiger charge is 2.40. The van der Waals surface area contributed by atoms with Crippen LogP contribution in [0.2, 0.25) is 0 Å². The first-order valence-electron chi connectivity index (χ1n) is 9.76. The summed E-state index contributed by atoms with van der Waals surface area (Å²) in [6.07, 6.45) is 0.